The fourth-order valence-corrected chi connectivity index (χ4v) is 1.80. The number of likely N-dealkylation sites (N-methyl/N-ethyl adjacent to an activating group) is 2. The topological polar surface area (TPSA) is 66.6 Å². The number of amides is 2. The fourth-order valence-electron chi connectivity index (χ4n) is 1.80. The lowest BCUT2D eigenvalue weighted by molar-refractivity contribution is -0.140. The van der Waals surface area contributed by atoms with Gasteiger partial charge in [-0.1, -0.05) is 12.2 Å². The first-order chi connectivity index (χ1) is 7.95. The van der Waals surface area contributed by atoms with Crippen molar-refractivity contribution in [3.8, 4) is 0 Å². The monoisotopic (exact) mass is 239 g/mol. The first kappa shape index (κ1) is 13.7. The molecular weight excluding hydrogens is 218 g/mol. The Morgan fingerprint density at radius 3 is 2.41 bits per heavy atom. The molecule has 5 heteroatoms. The number of hydrogen-bond donors (Lipinski definition) is 1. The lowest BCUT2D eigenvalue weighted by atomic mass is 10.1. The van der Waals surface area contributed by atoms with E-state index in [4.69, 9.17) is 5.73 Å². The van der Waals surface area contributed by atoms with Crippen molar-refractivity contribution in [2.45, 2.75) is 19.4 Å². The quantitative estimate of drug-likeness (QED) is 0.692. The number of carbonyl (C=O) groups is 2. The molecule has 0 spiro atoms. The second kappa shape index (κ2) is 5.82. The predicted octanol–water partition coefficient (Wildman–Crippen LogP) is -0.173. The van der Waals surface area contributed by atoms with Crippen LogP contribution < -0.4 is 5.73 Å². The number of rotatable bonds is 4. The van der Waals surface area contributed by atoms with Crippen LogP contribution in [0.2, 0.25) is 0 Å². The molecule has 17 heavy (non-hydrogen) atoms. The van der Waals surface area contributed by atoms with Crippen molar-refractivity contribution >= 4 is 11.8 Å². The van der Waals surface area contributed by atoms with Crippen molar-refractivity contribution in [1.29, 1.82) is 0 Å². The summed E-state index contributed by atoms with van der Waals surface area (Å²) in [7, 11) is 3.37. The molecule has 2 unspecified atom stereocenters. The van der Waals surface area contributed by atoms with Gasteiger partial charge in [-0.2, -0.15) is 0 Å². The molecule has 1 aliphatic carbocycles. The minimum Gasteiger partial charge on any atom is -0.347 e. The number of carbonyl (C=O) groups excluding carboxylic acids is 2. The highest BCUT2D eigenvalue weighted by Gasteiger charge is 2.27. The Balaban J connectivity index is 2.59. The van der Waals surface area contributed by atoms with Gasteiger partial charge in [0.25, 0.3) is 0 Å². The van der Waals surface area contributed by atoms with Gasteiger partial charge in [0.2, 0.25) is 11.8 Å². The largest absolute Gasteiger partial charge is 0.347 e. The standard InChI is InChI=1S/C12H21N3O2/c1-4-15(8-11(16)14(2)3)12(17)9-5-6-10(13)7-9/h5-6,9-10H,4,7-8,13H2,1-3H3. The van der Waals surface area contributed by atoms with Gasteiger partial charge < -0.3 is 15.5 Å². The number of hydrogen-bond acceptors (Lipinski definition) is 3. The highest BCUT2D eigenvalue weighted by atomic mass is 16.2. The highest BCUT2D eigenvalue weighted by Crippen LogP contribution is 2.18. The van der Waals surface area contributed by atoms with E-state index in [1.807, 2.05) is 19.1 Å². The van der Waals surface area contributed by atoms with Crippen molar-refractivity contribution < 1.29 is 9.59 Å². The van der Waals surface area contributed by atoms with Crippen molar-refractivity contribution in [1.82, 2.24) is 9.80 Å². The average molecular weight is 239 g/mol. The Kier molecular flexibility index (Phi) is 4.69. The zero-order valence-corrected chi connectivity index (χ0v) is 10.7. The van der Waals surface area contributed by atoms with E-state index in [2.05, 4.69) is 0 Å². The third-order valence-corrected chi connectivity index (χ3v) is 2.95. The van der Waals surface area contributed by atoms with Gasteiger partial charge in [-0.15, -0.1) is 0 Å². The van der Waals surface area contributed by atoms with Crippen molar-refractivity contribution in [3.63, 3.8) is 0 Å². The van der Waals surface area contributed by atoms with Crippen LogP contribution in [-0.4, -0.2) is 54.8 Å². The Morgan fingerprint density at radius 1 is 1.35 bits per heavy atom. The summed E-state index contributed by atoms with van der Waals surface area (Å²) in [6.45, 7) is 2.55. The van der Waals surface area contributed by atoms with Crippen LogP contribution in [0.3, 0.4) is 0 Å². The van der Waals surface area contributed by atoms with Crippen LogP contribution in [0.25, 0.3) is 0 Å². The molecule has 0 bridgehead atoms. The summed E-state index contributed by atoms with van der Waals surface area (Å²) in [5.74, 6) is -0.238. The number of nitrogens with zero attached hydrogens (tertiary/aromatic N) is 2. The predicted molar refractivity (Wildman–Crippen MR) is 66.2 cm³/mol. The average Bonchev–Trinajstić information content (AvgIpc) is 2.71. The van der Waals surface area contributed by atoms with Gasteiger partial charge in [-0.05, 0) is 13.3 Å². The van der Waals surface area contributed by atoms with Gasteiger partial charge in [0.05, 0.1) is 12.5 Å². The van der Waals surface area contributed by atoms with E-state index in [0.29, 0.717) is 13.0 Å². The van der Waals surface area contributed by atoms with Crippen molar-refractivity contribution in [3.05, 3.63) is 12.2 Å². The van der Waals surface area contributed by atoms with E-state index < -0.39 is 0 Å². The zero-order valence-electron chi connectivity index (χ0n) is 10.7. The highest BCUT2D eigenvalue weighted by molar-refractivity contribution is 5.86. The lowest BCUT2D eigenvalue weighted by Gasteiger charge is -2.24. The van der Waals surface area contributed by atoms with Crippen LogP contribution in [0.15, 0.2) is 12.2 Å². The number of nitrogens with two attached hydrogens (primary N) is 1. The van der Waals surface area contributed by atoms with Gasteiger partial charge >= 0.3 is 0 Å². The molecular formula is C12H21N3O2. The molecule has 2 amide bonds. The molecule has 0 aromatic heterocycles. The van der Waals surface area contributed by atoms with E-state index in [0.717, 1.165) is 0 Å². The maximum absolute atomic E-state index is 12.1. The second-order valence-corrected chi connectivity index (χ2v) is 4.53. The summed E-state index contributed by atoms with van der Waals surface area (Å²) in [5.41, 5.74) is 5.72. The smallest absolute Gasteiger partial charge is 0.241 e. The molecule has 1 rings (SSSR count). The van der Waals surface area contributed by atoms with E-state index in [1.54, 1.807) is 19.0 Å². The van der Waals surface area contributed by atoms with Gasteiger partial charge in [0.1, 0.15) is 0 Å². The van der Waals surface area contributed by atoms with Crippen molar-refractivity contribution in [2.24, 2.45) is 11.7 Å². The van der Waals surface area contributed by atoms with Crippen LogP contribution in [0.4, 0.5) is 0 Å². The van der Waals surface area contributed by atoms with Gasteiger partial charge in [-0.3, -0.25) is 9.59 Å². The Labute approximate surface area is 102 Å². The summed E-state index contributed by atoms with van der Waals surface area (Å²) < 4.78 is 0. The van der Waals surface area contributed by atoms with E-state index in [9.17, 15) is 9.59 Å². The third kappa shape index (κ3) is 3.56. The van der Waals surface area contributed by atoms with Crippen LogP contribution >= 0.6 is 0 Å². The Morgan fingerprint density at radius 2 is 2.00 bits per heavy atom. The van der Waals surface area contributed by atoms with Gasteiger partial charge in [-0.25, -0.2) is 0 Å². The molecule has 0 aromatic carbocycles. The van der Waals surface area contributed by atoms with Gasteiger partial charge in [0.15, 0.2) is 0 Å². The Bertz CT molecular complexity index is 326. The molecule has 2 N–H and O–H groups in total. The summed E-state index contributed by atoms with van der Waals surface area (Å²) in [6, 6.07) is -0.0350. The molecule has 0 aromatic rings. The Hall–Kier alpha value is -1.36. The minimum absolute atomic E-state index is 0.00750. The summed E-state index contributed by atoms with van der Waals surface area (Å²) in [4.78, 5) is 26.8. The first-order valence-electron chi connectivity index (χ1n) is 5.88. The van der Waals surface area contributed by atoms with E-state index in [1.165, 1.54) is 4.90 Å². The van der Waals surface area contributed by atoms with Crippen LogP contribution in [-0.2, 0) is 9.59 Å². The fraction of sp³-hybridized carbons (Fsp3) is 0.667. The minimum atomic E-state index is -0.167. The molecule has 0 radical (unpaired) electrons. The summed E-state index contributed by atoms with van der Waals surface area (Å²) in [5, 5.41) is 0. The van der Waals surface area contributed by atoms with Crippen LogP contribution in [0.5, 0.6) is 0 Å². The first-order valence-corrected chi connectivity index (χ1v) is 5.88. The zero-order chi connectivity index (χ0) is 13.0. The molecule has 0 saturated carbocycles. The lowest BCUT2D eigenvalue weighted by Crippen LogP contribution is -2.42. The third-order valence-electron chi connectivity index (χ3n) is 2.95. The molecule has 0 aliphatic heterocycles. The second-order valence-electron chi connectivity index (χ2n) is 4.53. The molecule has 5 nitrogen and oxygen atoms in total. The van der Waals surface area contributed by atoms with Gasteiger partial charge in [0, 0.05) is 26.7 Å². The molecule has 1 aliphatic rings. The summed E-state index contributed by atoms with van der Waals surface area (Å²) >= 11 is 0. The van der Waals surface area contributed by atoms with E-state index in [-0.39, 0.29) is 30.3 Å². The van der Waals surface area contributed by atoms with Crippen LogP contribution in [0, 0.1) is 5.92 Å². The maximum Gasteiger partial charge on any atom is 0.241 e. The normalized spacial score (nSPS) is 22.6. The van der Waals surface area contributed by atoms with Crippen molar-refractivity contribution in [2.75, 3.05) is 27.2 Å². The molecule has 96 valence electrons. The van der Waals surface area contributed by atoms with E-state index >= 15 is 0 Å². The molecule has 0 fully saturated rings. The maximum atomic E-state index is 12.1. The SMILES string of the molecule is CCN(CC(=O)N(C)C)C(=O)C1C=CC(N)C1. The summed E-state index contributed by atoms with van der Waals surface area (Å²) in [6.07, 6.45) is 4.34. The molecule has 2 atom stereocenters. The molecule has 0 heterocycles. The van der Waals surface area contributed by atoms with Crippen LogP contribution in [0.1, 0.15) is 13.3 Å². The molecule has 0 saturated heterocycles.